The number of urea groups is 1. The molecule has 2 heterocycles. The van der Waals surface area contributed by atoms with Gasteiger partial charge in [-0.2, -0.15) is 0 Å². The third-order valence-electron chi connectivity index (χ3n) is 5.05. The number of benzene rings is 1. The van der Waals surface area contributed by atoms with Gasteiger partial charge in [-0.3, -0.25) is 4.90 Å². The zero-order valence-corrected chi connectivity index (χ0v) is 14.5. The molecule has 2 unspecified atom stereocenters. The van der Waals surface area contributed by atoms with E-state index >= 15 is 0 Å². The van der Waals surface area contributed by atoms with Gasteiger partial charge >= 0.3 is 6.03 Å². The fourth-order valence-corrected chi connectivity index (χ4v) is 3.60. The minimum absolute atomic E-state index is 0.0560. The lowest BCUT2D eigenvalue weighted by atomic mass is 10.0. The van der Waals surface area contributed by atoms with Gasteiger partial charge in [0.2, 0.25) is 0 Å². The number of nitrogens with zero attached hydrogens (tertiary/aromatic N) is 1. The summed E-state index contributed by atoms with van der Waals surface area (Å²) in [7, 11) is 0. The molecule has 0 radical (unpaired) electrons. The third-order valence-corrected chi connectivity index (χ3v) is 5.05. The van der Waals surface area contributed by atoms with Crippen molar-refractivity contribution in [2.75, 3.05) is 19.7 Å². The summed E-state index contributed by atoms with van der Waals surface area (Å²) in [6.45, 7) is 5.90. The highest BCUT2D eigenvalue weighted by molar-refractivity contribution is 5.74. The molecule has 0 spiro atoms. The van der Waals surface area contributed by atoms with Crippen LogP contribution in [0.3, 0.4) is 0 Å². The Balaban J connectivity index is 1.36. The van der Waals surface area contributed by atoms with Crippen LogP contribution in [0.1, 0.15) is 38.2 Å². The van der Waals surface area contributed by atoms with Crippen molar-refractivity contribution < 1.29 is 9.53 Å². The molecule has 2 saturated heterocycles. The van der Waals surface area contributed by atoms with Gasteiger partial charge in [-0.05, 0) is 38.2 Å². The van der Waals surface area contributed by atoms with Gasteiger partial charge in [0.25, 0.3) is 0 Å². The lowest BCUT2D eigenvalue weighted by Crippen LogP contribution is -2.51. The van der Waals surface area contributed by atoms with E-state index in [1.54, 1.807) is 0 Å². The van der Waals surface area contributed by atoms with Crippen LogP contribution in [-0.2, 0) is 11.3 Å². The van der Waals surface area contributed by atoms with Crippen LogP contribution in [0, 0.1) is 0 Å². The van der Waals surface area contributed by atoms with E-state index in [1.165, 1.54) is 5.56 Å². The van der Waals surface area contributed by atoms with Crippen molar-refractivity contribution in [1.29, 1.82) is 0 Å². The van der Waals surface area contributed by atoms with Crippen molar-refractivity contribution in [2.24, 2.45) is 0 Å². The smallest absolute Gasteiger partial charge is 0.315 e. The lowest BCUT2D eigenvalue weighted by Gasteiger charge is -2.32. The number of carbonyl (C=O) groups excluding carboxylic acids is 1. The van der Waals surface area contributed by atoms with Gasteiger partial charge in [0, 0.05) is 32.3 Å². The highest BCUT2D eigenvalue weighted by atomic mass is 16.5. The van der Waals surface area contributed by atoms with E-state index in [0.717, 1.165) is 51.9 Å². The number of amides is 2. The maximum Gasteiger partial charge on any atom is 0.315 e. The average molecular weight is 331 g/mol. The Labute approximate surface area is 144 Å². The first-order valence-corrected chi connectivity index (χ1v) is 9.15. The van der Waals surface area contributed by atoms with Crippen LogP contribution < -0.4 is 10.6 Å². The molecule has 132 valence electrons. The maximum absolute atomic E-state index is 12.2. The van der Waals surface area contributed by atoms with E-state index in [4.69, 9.17) is 4.74 Å². The molecule has 0 saturated carbocycles. The quantitative estimate of drug-likeness (QED) is 0.872. The second-order valence-corrected chi connectivity index (χ2v) is 6.99. The van der Waals surface area contributed by atoms with E-state index in [2.05, 4.69) is 45.9 Å². The van der Waals surface area contributed by atoms with Crippen molar-refractivity contribution in [2.45, 2.75) is 57.3 Å². The monoisotopic (exact) mass is 331 g/mol. The molecule has 2 aliphatic heterocycles. The van der Waals surface area contributed by atoms with Gasteiger partial charge < -0.3 is 15.4 Å². The zero-order valence-electron chi connectivity index (χ0n) is 14.5. The number of hydrogen-bond acceptors (Lipinski definition) is 3. The molecule has 1 aromatic rings. The van der Waals surface area contributed by atoms with Gasteiger partial charge in [-0.1, -0.05) is 30.3 Å². The first-order chi connectivity index (χ1) is 11.7. The Hall–Kier alpha value is -1.59. The molecular weight excluding hydrogens is 302 g/mol. The van der Waals surface area contributed by atoms with Crippen molar-refractivity contribution in [3.63, 3.8) is 0 Å². The average Bonchev–Trinajstić information content (AvgIpc) is 3.12. The molecule has 2 amide bonds. The minimum Gasteiger partial charge on any atom is -0.376 e. The molecule has 24 heavy (non-hydrogen) atoms. The highest BCUT2D eigenvalue weighted by Crippen LogP contribution is 2.16. The van der Waals surface area contributed by atoms with E-state index in [1.807, 2.05) is 6.92 Å². The van der Waals surface area contributed by atoms with Crippen LogP contribution in [0.4, 0.5) is 4.79 Å². The summed E-state index contributed by atoms with van der Waals surface area (Å²) in [5.41, 5.74) is 1.35. The van der Waals surface area contributed by atoms with E-state index in [9.17, 15) is 4.79 Å². The fourth-order valence-electron chi connectivity index (χ4n) is 3.60. The van der Waals surface area contributed by atoms with Crippen LogP contribution in [0.5, 0.6) is 0 Å². The Morgan fingerprint density at radius 1 is 1.25 bits per heavy atom. The van der Waals surface area contributed by atoms with Crippen LogP contribution in [0.15, 0.2) is 30.3 Å². The van der Waals surface area contributed by atoms with E-state index < -0.39 is 0 Å². The summed E-state index contributed by atoms with van der Waals surface area (Å²) in [6.07, 6.45) is 4.32. The van der Waals surface area contributed by atoms with Gasteiger partial charge in [-0.15, -0.1) is 0 Å². The lowest BCUT2D eigenvalue weighted by molar-refractivity contribution is 0.0855. The normalized spacial score (nSPS) is 23.8. The minimum atomic E-state index is -0.0560. The summed E-state index contributed by atoms with van der Waals surface area (Å²) in [4.78, 5) is 14.6. The molecule has 0 bridgehead atoms. The summed E-state index contributed by atoms with van der Waals surface area (Å²) in [5.74, 6) is 0. The molecule has 0 aromatic heterocycles. The maximum atomic E-state index is 12.2. The van der Waals surface area contributed by atoms with Crippen LogP contribution >= 0.6 is 0 Å². The first kappa shape index (κ1) is 17.2. The molecule has 5 heteroatoms. The zero-order chi connectivity index (χ0) is 16.8. The predicted octanol–water partition coefficient (Wildman–Crippen LogP) is 2.52. The molecule has 0 aliphatic carbocycles. The molecule has 5 nitrogen and oxygen atoms in total. The number of piperidine rings is 1. The van der Waals surface area contributed by atoms with Crippen molar-refractivity contribution in [3.8, 4) is 0 Å². The number of ether oxygens (including phenoxy) is 1. The van der Waals surface area contributed by atoms with Crippen molar-refractivity contribution in [1.82, 2.24) is 15.5 Å². The topological polar surface area (TPSA) is 53.6 Å². The molecule has 1 aromatic carbocycles. The standard InChI is InChI=1S/C19H29N3O2/c1-15(18-8-5-13-24-18)20-19(23)21-17-9-11-22(12-10-17)14-16-6-3-2-4-7-16/h2-4,6-7,15,17-18H,5,8-14H2,1H3,(H2,20,21,23). The van der Waals surface area contributed by atoms with E-state index in [-0.39, 0.29) is 24.2 Å². The van der Waals surface area contributed by atoms with Gasteiger partial charge in [0.15, 0.2) is 0 Å². The number of hydrogen-bond donors (Lipinski definition) is 2. The molecule has 2 atom stereocenters. The van der Waals surface area contributed by atoms with Crippen LogP contribution in [0.2, 0.25) is 0 Å². The molecule has 2 N–H and O–H groups in total. The van der Waals surface area contributed by atoms with Gasteiger partial charge in [0.05, 0.1) is 12.1 Å². The number of carbonyl (C=O) groups is 1. The first-order valence-electron chi connectivity index (χ1n) is 9.15. The summed E-state index contributed by atoms with van der Waals surface area (Å²) >= 11 is 0. The highest BCUT2D eigenvalue weighted by Gasteiger charge is 2.25. The largest absolute Gasteiger partial charge is 0.376 e. The molecule has 3 rings (SSSR count). The Kier molecular flexibility index (Phi) is 6.10. The Bertz CT molecular complexity index is 509. The van der Waals surface area contributed by atoms with E-state index in [0.29, 0.717) is 0 Å². The third kappa shape index (κ3) is 4.95. The summed E-state index contributed by atoms with van der Waals surface area (Å²) in [6, 6.07) is 10.9. The second kappa shape index (κ2) is 8.49. The predicted molar refractivity (Wildman–Crippen MR) is 94.8 cm³/mol. The number of likely N-dealkylation sites (tertiary alicyclic amines) is 1. The Morgan fingerprint density at radius 3 is 2.67 bits per heavy atom. The van der Waals surface area contributed by atoms with Gasteiger partial charge in [-0.25, -0.2) is 4.79 Å². The van der Waals surface area contributed by atoms with Crippen LogP contribution in [0.25, 0.3) is 0 Å². The molecular formula is C19H29N3O2. The second-order valence-electron chi connectivity index (χ2n) is 6.99. The summed E-state index contributed by atoms with van der Waals surface area (Å²) < 4.78 is 5.63. The van der Waals surface area contributed by atoms with Gasteiger partial charge in [0.1, 0.15) is 0 Å². The SMILES string of the molecule is CC(NC(=O)NC1CCN(Cc2ccccc2)CC1)C1CCCO1. The number of rotatable bonds is 5. The van der Waals surface area contributed by atoms with Crippen molar-refractivity contribution in [3.05, 3.63) is 35.9 Å². The van der Waals surface area contributed by atoms with Crippen molar-refractivity contribution >= 4 is 6.03 Å². The fraction of sp³-hybridized carbons (Fsp3) is 0.632. The molecule has 2 fully saturated rings. The Morgan fingerprint density at radius 2 is 2.00 bits per heavy atom. The molecule has 2 aliphatic rings. The van der Waals surface area contributed by atoms with Crippen LogP contribution in [-0.4, -0.2) is 48.8 Å². The number of nitrogens with one attached hydrogen (secondary N) is 2. The summed E-state index contributed by atoms with van der Waals surface area (Å²) in [5, 5.41) is 6.16.